The van der Waals surface area contributed by atoms with Gasteiger partial charge in [0.15, 0.2) is 0 Å². The molecular formula is C27H38N2. The molecule has 3 rings (SSSR count). The van der Waals surface area contributed by atoms with Gasteiger partial charge in [-0.2, -0.15) is 5.26 Å². The number of nitrogens with one attached hydrogen (secondary N) is 1. The van der Waals surface area contributed by atoms with E-state index in [0.29, 0.717) is 5.92 Å². The SMILES string of the molecule is C=C(C)C1=C(C2CCC2)CCC(CCC(CCNC)C2=CCC(C)(C#N)C=C2)=C1. The molecule has 0 spiro atoms. The van der Waals surface area contributed by atoms with Crippen molar-refractivity contribution in [3.8, 4) is 6.07 Å². The lowest BCUT2D eigenvalue weighted by atomic mass is 9.72. The summed E-state index contributed by atoms with van der Waals surface area (Å²) in [6.45, 7) is 9.51. The maximum atomic E-state index is 9.38. The zero-order chi connectivity index (χ0) is 20.9. The van der Waals surface area contributed by atoms with Crippen molar-refractivity contribution in [3.05, 3.63) is 58.7 Å². The van der Waals surface area contributed by atoms with Crippen molar-refractivity contribution in [2.24, 2.45) is 17.3 Å². The summed E-state index contributed by atoms with van der Waals surface area (Å²) in [5, 5.41) is 12.7. The first-order valence-corrected chi connectivity index (χ1v) is 11.5. The van der Waals surface area contributed by atoms with Crippen molar-refractivity contribution < 1.29 is 0 Å². The number of hydrogen-bond donors (Lipinski definition) is 1. The molecule has 0 aliphatic heterocycles. The van der Waals surface area contributed by atoms with Gasteiger partial charge in [0.2, 0.25) is 0 Å². The van der Waals surface area contributed by atoms with Gasteiger partial charge in [0.1, 0.15) is 0 Å². The van der Waals surface area contributed by atoms with Crippen LogP contribution in [0.2, 0.25) is 0 Å². The van der Waals surface area contributed by atoms with Crippen molar-refractivity contribution in [2.45, 2.75) is 71.6 Å². The van der Waals surface area contributed by atoms with E-state index in [0.717, 1.165) is 25.3 Å². The molecule has 0 aromatic carbocycles. The van der Waals surface area contributed by atoms with Gasteiger partial charge in [-0.3, -0.25) is 0 Å². The van der Waals surface area contributed by atoms with Crippen molar-refractivity contribution in [1.29, 1.82) is 5.26 Å². The molecule has 0 amide bonds. The summed E-state index contributed by atoms with van der Waals surface area (Å²) in [4.78, 5) is 0. The molecule has 3 aliphatic rings. The topological polar surface area (TPSA) is 35.8 Å². The van der Waals surface area contributed by atoms with Crippen LogP contribution >= 0.6 is 0 Å². The molecule has 1 saturated carbocycles. The van der Waals surface area contributed by atoms with Gasteiger partial charge in [0.05, 0.1) is 11.5 Å². The lowest BCUT2D eigenvalue weighted by Gasteiger charge is -2.33. The average Bonchev–Trinajstić information content (AvgIpc) is 2.68. The van der Waals surface area contributed by atoms with E-state index in [1.165, 1.54) is 61.7 Å². The smallest absolute Gasteiger partial charge is 0.0763 e. The van der Waals surface area contributed by atoms with Crippen LogP contribution in [0.5, 0.6) is 0 Å². The number of nitrogens with zero attached hydrogens (tertiary/aromatic N) is 1. The third-order valence-electron chi connectivity index (χ3n) is 7.16. The molecule has 1 N–H and O–H groups in total. The monoisotopic (exact) mass is 390 g/mol. The summed E-state index contributed by atoms with van der Waals surface area (Å²) >= 11 is 0. The Morgan fingerprint density at radius 2 is 2.14 bits per heavy atom. The fourth-order valence-corrected chi connectivity index (χ4v) is 4.86. The van der Waals surface area contributed by atoms with Gasteiger partial charge in [-0.05, 0) is 102 Å². The van der Waals surface area contributed by atoms with E-state index in [4.69, 9.17) is 0 Å². The molecular weight excluding hydrogens is 352 g/mol. The Hall–Kier alpha value is -1.85. The number of allylic oxidation sites excluding steroid dienone is 9. The summed E-state index contributed by atoms with van der Waals surface area (Å²) in [5.74, 6) is 1.39. The van der Waals surface area contributed by atoms with Crippen molar-refractivity contribution >= 4 is 0 Å². The van der Waals surface area contributed by atoms with E-state index in [2.05, 4.69) is 49.2 Å². The molecule has 29 heavy (non-hydrogen) atoms. The van der Waals surface area contributed by atoms with Crippen molar-refractivity contribution in [3.63, 3.8) is 0 Å². The second-order valence-corrected chi connectivity index (χ2v) is 9.55. The fourth-order valence-electron chi connectivity index (χ4n) is 4.86. The zero-order valence-electron chi connectivity index (χ0n) is 18.7. The highest BCUT2D eigenvalue weighted by Gasteiger charge is 2.27. The van der Waals surface area contributed by atoms with E-state index in [-0.39, 0.29) is 5.41 Å². The maximum absolute atomic E-state index is 9.38. The summed E-state index contributed by atoms with van der Waals surface area (Å²) in [6.07, 6.45) is 20.1. The van der Waals surface area contributed by atoms with Gasteiger partial charge in [-0.15, -0.1) is 0 Å². The summed E-state index contributed by atoms with van der Waals surface area (Å²) in [6, 6.07) is 2.44. The summed E-state index contributed by atoms with van der Waals surface area (Å²) in [5.41, 5.74) is 7.09. The van der Waals surface area contributed by atoms with Crippen LogP contribution in [-0.2, 0) is 0 Å². The van der Waals surface area contributed by atoms with E-state index >= 15 is 0 Å². The highest BCUT2D eigenvalue weighted by molar-refractivity contribution is 5.46. The number of rotatable bonds is 9. The molecule has 2 nitrogen and oxygen atoms in total. The lowest BCUT2D eigenvalue weighted by Crippen LogP contribution is -2.19. The molecule has 0 aromatic rings. The minimum Gasteiger partial charge on any atom is -0.320 e. The maximum Gasteiger partial charge on any atom is 0.0763 e. The zero-order valence-corrected chi connectivity index (χ0v) is 18.7. The Labute approximate surface area is 178 Å². The number of nitriles is 1. The van der Waals surface area contributed by atoms with Crippen LogP contribution < -0.4 is 5.32 Å². The van der Waals surface area contributed by atoms with Crippen LogP contribution in [0.15, 0.2) is 58.7 Å². The quantitative estimate of drug-likeness (QED) is 0.470. The number of hydrogen-bond acceptors (Lipinski definition) is 2. The van der Waals surface area contributed by atoms with Crippen LogP contribution in [0.3, 0.4) is 0 Å². The lowest BCUT2D eigenvalue weighted by molar-refractivity contribution is 0.355. The standard InChI is InChI=1S/C27H38N2/c1-20(2)26-18-21(9-11-25(26)24-6-5-7-24)8-10-22(14-17-29-4)23-12-15-27(3,19-28)16-13-23/h12-13,15,18,22,24,29H,1,5-11,14,16-17H2,2-4H3. The average molecular weight is 391 g/mol. The minimum atomic E-state index is -0.331. The second kappa shape index (κ2) is 9.77. The second-order valence-electron chi connectivity index (χ2n) is 9.55. The highest BCUT2D eigenvalue weighted by atomic mass is 14.8. The molecule has 2 atom stereocenters. The molecule has 0 saturated heterocycles. The molecule has 0 bridgehead atoms. The van der Waals surface area contributed by atoms with Gasteiger partial charge in [0, 0.05) is 0 Å². The predicted octanol–water partition coefficient (Wildman–Crippen LogP) is 6.80. The largest absolute Gasteiger partial charge is 0.320 e. The first-order valence-electron chi connectivity index (χ1n) is 11.5. The third kappa shape index (κ3) is 5.40. The van der Waals surface area contributed by atoms with E-state index in [9.17, 15) is 5.26 Å². The van der Waals surface area contributed by atoms with Crippen LogP contribution in [-0.4, -0.2) is 13.6 Å². The molecule has 0 aromatic heterocycles. The van der Waals surface area contributed by atoms with Crippen molar-refractivity contribution in [1.82, 2.24) is 5.32 Å². The highest BCUT2D eigenvalue weighted by Crippen LogP contribution is 2.42. The molecule has 156 valence electrons. The molecule has 0 radical (unpaired) electrons. The van der Waals surface area contributed by atoms with E-state index in [1.54, 1.807) is 11.1 Å². The molecule has 2 heteroatoms. The molecule has 0 heterocycles. The van der Waals surface area contributed by atoms with E-state index in [1.807, 2.05) is 14.0 Å². The first kappa shape index (κ1) is 21.8. The molecule has 3 aliphatic carbocycles. The minimum absolute atomic E-state index is 0.331. The van der Waals surface area contributed by atoms with Gasteiger partial charge in [-0.1, -0.05) is 54.0 Å². The van der Waals surface area contributed by atoms with E-state index < -0.39 is 0 Å². The van der Waals surface area contributed by atoms with Gasteiger partial charge < -0.3 is 5.32 Å². The third-order valence-corrected chi connectivity index (χ3v) is 7.16. The Bertz CT molecular complexity index is 782. The van der Waals surface area contributed by atoms with Gasteiger partial charge in [0.25, 0.3) is 0 Å². The molecule has 1 fully saturated rings. The molecule has 2 unspecified atom stereocenters. The fraction of sp³-hybridized carbons (Fsp3) is 0.593. The van der Waals surface area contributed by atoms with Crippen LogP contribution in [0.4, 0.5) is 0 Å². The Balaban J connectivity index is 1.68. The van der Waals surface area contributed by atoms with Crippen LogP contribution in [0.25, 0.3) is 0 Å². The van der Waals surface area contributed by atoms with Crippen LogP contribution in [0, 0.1) is 28.6 Å². The summed E-state index contributed by atoms with van der Waals surface area (Å²) in [7, 11) is 2.03. The Morgan fingerprint density at radius 1 is 1.34 bits per heavy atom. The first-order chi connectivity index (χ1) is 14.0. The normalized spacial score (nSPS) is 25.7. The summed E-state index contributed by atoms with van der Waals surface area (Å²) < 4.78 is 0. The predicted molar refractivity (Wildman–Crippen MR) is 123 cm³/mol. The van der Waals surface area contributed by atoms with Crippen LogP contribution in [0.1, 0.15) is 71.6 Å². The Kier molecular flexibility index (Phi) is 7.36. The van der Waals surface area contributed by atoms with Gasteiger partial charge in [-0.25, -0.2) is 0 Å². The van der Waals surface area contributed by atoms with Gasteiger partial charge >= 0.3 is 0 Å². The Morgan fingerprint density at radius 3 is 2.69 bits per heavy atom. The van der Waals surface area contributed by atoms with Crippen molar-refractivity contribution in [2.75, 3.05) is 13.6 Å².